The molecule has 2 heterocycles. The molecule has 0 bridgehead atoms. The van der Waals surface area contributed by atoms with Crippen molar-refractivity contribution in [2.45, 2.75) is 32.1 Å². The summed E-state index contributed by atoms with van der Waals surface area (Å²) in [5.41, 5.74) is 7.17. The van der Waals surface area contributed by atoms with Gasteiger partial charge in [0.25, 0.3) is 5.91 Å². The Morgan fingerprint density at radius 3 is 2.65 bits per heavy atom. The van der Waals surface area contributed by atoms with Gasteiger partial charge in [-0.05, 0) is 31.2 Å². The molecule has 7 heteroatoms. The van der Waals surface area contributed by atoms with Crippen molar-refractivity contribution in [2.75, 3.05) is 38.2 Å². The quantitative estimate of drug-likeness (QED) is 0.813. The van der Waals surface area contributed by atoms with Gasteiger partial charge in [0.15, 0.2) is 0 Å². The lowest BCUT2D eigenvalue weighted by Crippen LogP contribution is -2.41. The Morgan fingerprint density at radius 2 is 1.91 bits per heavy atom. The van der Waals surface area contributed by atoms with Crippen LogP contribution < -0.4 is 11.1 Å². The van der Waals surface area contributed by atoms with Gasteiger partial charge in [-0.25, -0.2) is 0 Å². The van der Waals surface area contributed by atoms with E-state index >= 15 is 0 Å². The fourth-order valence-corrected chi connectivity index (χ4v) is 4.53. The second kappa shape index (κ2) is 7.42. The summed E-state index contributed by atoms with van der Waals surface area (Å²) in [6.07, 6.45) is 5.24. The van der Waals surface area contributed by atoms with Crippen LogP contribution in [-0.4, -0.2) is 49.6 Å². The van der Waals surface area contributed by atoms with Crippen molar-refractivity contribution in [3.8, 4) is 0 Å². The van der Waals surface area contributed by atoms with Gasteiger partial charge in [0.2, 0.25) is 5.91 Å². The highest BCUT2D eigenvalue weighted by atomic mass is 32.1. The first kappa shape index (κ1) is 16.4. The van der Waals surface area contributed by atoms with E-state index in [2.05, 4.69) is 10.2 Å². The van der Waals surface area contributed by atoms with E-state index in [1.165, 1.54) is 22.6 Å². The van der Waals surface area contributed by atoms with E-state index in [-0.39, 0.29) is 5.91 Å². The van der Waals surface area contributed by atoms with Crippen LogP contribution in [0.2, 0.25) is 0 Å². The first-order valence-electron chi connectivity index (χ1n) is 8.19. The van der Waals surface area contributed by atoms with Crippen molar-refractivity contribution in [3.05, 3.63) is 16.0 Å². The van der Waals surface area contributed by atoms with E-state index in [1.54, 1.807) is 0 Å². The van der Waals surface area contributed by atoms with E-state index < -0.39 is 5.91 Å². The summed E-state index contributed by atoms with van der Waals surface area (Å²) in [5.74, 6) is -0.531. The lowest BCUT2D eigenvalue weighted by Gasteiger charge is -2.25. The molecule has 2 aliphatic rings. The zero-order chi connectivity index (χ0) is 16.2. The first-order chi connectivity index (χ1) is 11.1. The Hall–Kier alpha value is -1.44. The van der Waals surface area contributed by atoms with Gasteiger partial charge in [-0.3, -0.25) is 14.5 Å². The average molecular weight is 337 g/mol. The largest absolute Gasteiger partial charge is 0.379 e. The Kier molecular flexibility index (Phi) is 5.30. The smallest absolute Gasteiger partial charge is 0.251 e. The third-order valence-electron chi connectivity index (χ3n) is 4.39. The number of nitrogens with two attached hydrogens (primary N) is 1. The number of fused-ring (bicyclic) bond motifs is 1. The molecule has 0 unspecified atom stereocenters. The molecule has 2 amide bonds. The van der Waals surface area contributed by atoms with Crippen LogP contribution >= 0.6 is 11.3 Å². The minimum atomic E-state index is -0.439. The van der Waals surface area contributed by atoms with Crippen LogP contribution in [0.25, 0.3) is 0 Å². The highest BCUT2D eigenvalue weighted by molar-refractivity contribution is 7.17. The molecule has 0 atom stereocenters. The molecule has 0 saturated carbocycles. The molecule has 3 rings (SSSR count). The Morgan fingerprint density at radius 1 is 1.17 bits per heavy atom. The molecular formula is C16H23N3O3S. The third-order valence-corrected chi connectivity index (χ3v) is 5.60. The van der Waals surface area contributed by atoms with Crippen molar-refractivity contribution in [1.29, 1.82) is 0 Å². The summed E-state index contributed by atoms with van der Waals surface area (Å²) < 4.78 is 5.28. The van der Waals surface area contributed by atoms with E-state index in [0.29, 0.717) is 30.3 Å². The van der Waals surface area contributed by atoms with Gasteiger partial charge in [0, 0.05) is 18.0 Å². The number of primary amides is 1. The molecule has 1 saturated heterocycles. The third kappa shape index (κ3) is 3.91. The van der Waals surface area contributed by atoms with E-state index in [1.807, 2.05) is 0 Å². The Bertz CT molecular complexity index is 594. The standard InChI is InChI=1S/C16H23N3O3S/c17-15(21)14-11-4-2-1-3-5-12(11)23-16(14)18-13(20)10-19-6-8-22-9-7-19/h1-10H2,(H2,17,21)(H,18,20). The number of carbonyl (C=O) groups is 2. The lowest BCUT2D eigenvalue weighted by atomic mass is 10.1. The summed E-state index contributed by atoms with van der Waals surface area (Å²) >= 11 is 1.52. The number of morpholine rings is 1. The monoisotopic (exact) mass is 337 g/mol. The van der Waals surface area contributed by atoms with Gasteiger partial charge >= 0.3 is 0 Å². The molecule has 23 heavy (non-hydrogen) atoms. The fraction of sp³-hybridized carbons (Fsp3) is 0.625. The topological polar surface area (TPSA) is 84.7 Å². The summed E-state index contributed by atoms with van der Waals surface area (Å²) in [6, 6.07) is 0. The van der Waals surface area contributed by atoms with Crippen LogP contribution in [0.1, 0.15) is 40.1 Å². The van der Waals surface area contributed by atoms with E-state index in [4.69, 9.17) is 10.5 Å². The van der Waals surface area contributed by atoms with E-state index in [0.717, 1.165) is 44.3 Å². The molecule has 0 radical (unpaired) electrons. The molecule has 3 N–H and O–H groups in total. The Balaban J connectivity index is 1.73. The van der Waals surface area contributed by atoms with Gasteiger partial charge in [0.1, 0.15) is 5.00 Å². The number of aryl methyl sites for hydroxylation is 1. The summed E-state index contributed by atoms with van der Waals surface area (Å²) in [5, 5.41) is 3.54. The van der Waals surface area contributed by atoms with Crippen LogP contribution in [-0.2, 0) is 22.4 Å². The maximum atomic E-state index is 12.3. The number of nitrogens with one attached hydrogen (secondary N) is 1. The zero-order valence-electron chi connectivity index (χ0n) is 13.2. The molecule has 126 valence electrons. The van der Waals surface area contributed by atoms with Crippen molar-refractivity contribution in [3.63, 3.8) is 0 Å². The summed E-state index contributed by atoms with van der Waals surface area (Å²) in [7, 11) is 0. The van der Waals surface area contributed by atoms with Crippen LogP contribution in [0.4, 0.5) is 5.00 Å². The molecule has 1 fully saturated rings. The second-order valence-corrected chi connectivity index (χ2v) is 7.17. The van der Waals surface area contributed by atoms with E-state index in [9.17, 15) is 9.59 Å². The van der Waals surface area contributed by atoms with Gasteiger partial charge in [0.05, 0.1) is 25.3 Å². The molecular weight excluding hydrogens is 314 g/mol. The lowest BCUT2D eigenvalue weighted by molar-refractivity contribution is -0.118. The van der Waals surface area contributed by atoms with Crippen LogP contribution in [0.3, 0.4) is 0 Å². The molecule has 0 spiro atoms. The molecule has 1 aliphatic carbocycles. The fourth-order valence-electron chi connectivity index (χ4n) is 3.22. The number of hydrogen-bond acceptors (Lipinski definition) is 5. The molecule has 1 aliphatic heterocycles. The van der Waals surface area contributed by atoms with Gasteiger partial charge < -0.3 is 15.8 Å². The highest BCUT2D eigenvalue weighted by Crippen LogP contribution is 2.37. The minimum absolute atomic E-state index is 0.0918. The first-order valence-corrected chi connectivity index (χ1v) is 9.01. The Labute approximate surface area is 140 Å². The molecule has 6 nitrogen and oxygen atoms in total. The van der Waals surface area contributed by atoms with Gasteiger partial charge in [-0.2, -0.15) is 0 Å². The number of anilines is 1. The number of ether oxygens (including phenoxy) is 1. The number of hydrogen-bond donors (Lipinski definition) is 2. The number of nitrogens with zero attached hydrogens (tertiary/aromatic N) is 1. The minimum Gasteiger partial charge on any atom is -0.379 e. The number of rotatable bonds is 4. The van der Waals surface area contributed by atoms with Crippen LogP contribution in [0, 0.1) is 0 Å². The average Bonchev–Trinajstić information content (AvgIpc) is 2.70. The number of carbonyl (C=O) groups excluding carboxylic acids is 2. The van der Waals surface area contributed by atoms with Crippen molar-refractivity contribution in [2.24, 2.45) is 5.73 Å². The normalized spacial score (nSPS) is 19.0. The SMILES string of the molecule is NC(=O)c1c(NC(=O)CN2CCOCC2)sc2c1CCCCC2. The zero-order valence-corrected chi connectivity index (χ0v) is 14.0. The predicted octanol–water partition coefficient (Wildman–Crippen LogP) is 1.39. The van der Waals surface area contributed by atoms with Gasteiger partial charge in [-0.1, -0.05) is 6.42 Å². The van der Waals surface area contributed by atoms with Crippen molar-refractivity contribution in [1.82, 2.24) is 4.90 Å². The van der Waals surface area contributed by atoms with Crippen LogP contribution in [0.15, 0.2) is 0 Å². The van der Waals surface area contributed by atoms with Crippen LogP contribution in [0.5, 0.6) is 0 Å². The number of thiophene rings is 1. The summed E-state index contributed by atoms with van der Waals surface area (Å²) in [4.78, 5) is 27.4. The highest BCUT2D eigenvalue weighted by Gasteiger charge is 2.24. The molecule has 1 aromatic rings. The molecule has 1 aromatic heterocycles. The van der Waals surface area contributed by atoms with Crippen molar-refractivity contribution < 1.29 is 14.3 Å². The number of amides is 2. The maximum absolute atomic E-state index is 12.3. The summed E-state index contributed by atoms with van der Waals surface area (Å²) in [6.45, 7) is 3.17. The second-order valence-electron chi connectivity index (χ2n) is 6.07. The van der Waals surface area contributed by atoms with Gasteiger partial charge in [-0.15, -0.1) is 11.3 Å². The predicted molar refractivity (Wildman–Crippen MR) is 90.0 cm³/mol. The van der Waals surface area contributed by atoms with Crippen molar-refractivity contribution >= 4 is 28.2 Å². The molecule has 0 aromatic carbocycles. The maximum Gasteiger partial charge on any atom is 0.251 e.